The Hall–Kier alpha value is -3.84. The molecule has 4 aliphatic rings. The zero-order valence-corrected chi connectivity index (χ0v) is 24.7. The Kier molecular flexibility index (Phi) is 7.17. The van der Waals surface area contributed by atoms with Crippen molar-refractivity contribution in [3.8, 4) is 11.5 Å². The van der Waals surface area contributed by atoms with Crippen molar-refractivity contribution in [2.24, 2.45) is 0 Å². The number of nitrogens with zero attached hydrogens (tertiary/aromatic N) is 5. The van der Waals surface area contributed by atoms with Gasteiger partial charge >= 0.3 is 7.12 Å². The van der Waals surface area contributed by atoms with E-state index in [9.17, 15) is 5.11 Å². The van der Waals surface area contributed by atoms with Crippen LogP contribution >= 0.6 is 0 Å². The second-order valence-electron chi connectivity index (χ2n) is 12.2. The fourth-order valence-electron chi connectivity index (χ4n) is 6.56. The summed E-state index contributed by atoms with van der Waals surface area (Å²) in [5, 5.41) is 21.5. The SMILES string of the molecule is COB1OC(C)(C)c2cc(Nc3ncc(-c4nc(C56CCN(CC5)CC6)no4)c(N[C@H](CO)c4ccccc4)n3)ccc21. The van der Waals surface area contributed by atoms with E-state index in [2.05, 4.69) is 25.7 Å². The van der Waals surface area contributed by atoms with E-state index in [1.54, 1.807) is 13.3 Å². The predicted molar refractivity (Wildman–Crippen MR) is 163 cm³/mol. The molecule has 222 valence electrons. The molecule has 12 heteroatoms. The monoisotopic (exact) mass is 581 g/mol. The number of aliphatic hydroxyl groups is 1. The molecule has 3 fully saturated rings. The maximum Gasteiger partial charge on any atom is 0.494 e. The predicted octanol–water partition coefficient (Wildman–Crippen LogP) is 3.76. The van der Waals surface area contributed by atoms with E-state index in [0.717, 1.165) is 67.0 Å². The standard InChI is InChI=1S/C31H36BN7O4/c1-30(2)23-17-21(9-10-24(23)32(41-3)43-30)34-29-33-18-22(26(36-29)35-25(19-40)20-7-5-4-6-8-20)27-37-28(38-42-27)31-11-14-39(15-12-31)16-13-31/h4-10,17-18,25,40H,11-16,19H2,1-3H3,(H2,33,34,35,36)/t25-/m1/s1. The molecule has 2 aromatic carbocycles. The third kappa shape index (κ3) is 5.18. The van der Waals surface area contributed by atoms with E-state index in [-0.39, 0.29) is 12.0 Å². The van der Waals surface area contributed by atoms with Gasteiger partial charge in [0.25, 0.3) is 5.89 Å². The van der Waals surface area contributed by atoms with Gasteiger partial charge < -0.3 is 34.5 Å². The second kappa shape index (κ2) is 11.0. The molecule has 11 nitrogen and oxygen atoms in total. The maximum atomic E-state index is 10.3. The van der Waals surface area contributed by atoms with Crippen LogP contribution < -0.4 is 16.1 Å². The smallest absolute Gasteiger partial charge is 0.410 e. The highest BCUT2D eigenvalue weighted by Crippen LogP contribution is 2.42. The number of piperidine rings is 3. The Balaban J connectivity index is 1.23. The van der Waals surface area contributed by atoms with Gasteiger partial charge in [-0.15, -0.1) is 0 Å². The lowest BCUT2D eigenvalue weighted by Gasteiger charge is -2.46. The number of benzene rings is 2. The van der Waals surface area contributed by atoms with Gasteiger partial charge in [0.15, 0.2) is 5.82 Å². The van der Waals surface area contributed by atoms with Gasteiger partial charge in [0.2, 0.25) is 5.95 Å². The maximum absolute atomic E-state index is 10.3. The van der Waals surface area contributed by atoms with Crippen molar-refractivity contribution in [3.05, 3.63) is 71.7 Å². The number of hydrogen-bond acceptors (Lipinski definition) is 11. The molecule has 4 aliphatic heterocycles. The Labute approximate surface area is 251 Å². The summed E-state index contributed by atoms with van der Waals surface area (Å²) in [6.07, 6.45) is 4.79. The van der Waals surface area contributed by atoms with Crippen LogP contribution in [0.3, 0.4) is 0 Å². The van der Waals surface area contributed by atoms with E-state index in [1.807, 2.05) is 62.4 Å². The number of anilines is 3. The van der Waals surface area contributed by atoms with Crippen LogP contribution in [0.15, 0.2) is 59.3 Å². The summed E-state index contributed by atoms with van der Waals surface area (Å²) in [7, 11) is 1.24. The lowest BCUT2D eigenvalue weighted by molar-refractivity contribution is 0.0747. The first-order chi connectivity index (χ1) is 20.9. The minimum absolute atomic E-state index is 0.0446. The van der Waals surface area contributed by atoms with Gasteiger partial charge in [0.05, 0.1) is 18.2 Å². The molecule has 0 aliphatic carbocycles. The van der Waals surface area contributed by atoms with Crippen molar-refractivity contribution in [1.29, 1.82) is 0 Å². The highest BCUT2D eigenvalue weighted by Gasteiger charge is 2.44. The van der Waals surface area contributed by atoms with Gasteiger partial charge in [0.1, 0.15) is 11.4 Å². The van der Waals surface area contributed by atoms with Crippen LogP contribution in [0.2, 0.25) is 0 Å². The summed E-state index contributed by atoms with van der Waals surface area (Å²) in [4.78, 5) is 16.9. The number of hydrogen-bond donors (Lipinski definition) is 3. The lowest BCUT2D eigenvalue weighted by Crippen LogP contribution is -2.51. The molecule has 8 rings (SSSR count). The van der Waals surface area contributed by atoms with Crippen LogP contribution in [-0.2, 0) is 20.3 Å². The first-order valence-corrected chi connectivity index (χ1v) is 14.9. The minimum atomic E-state index is -0.501. The largest absolute Gasteiger partial charge is 0.494 e. The van der Waals surface area contributed by atoms with Crippen LogP contribution in [0.1, 0.15) is 56.1 Å². The van der Waals surface area contributed by atoms with E-state index in [0.29, 0.717) is 23.2 Å². The van der Waals surface area contributed by atoms with Crippen molar-refractivity contribution in [1.82, 2.24) is 25.0 Å². The average molecular weight is 581 g/mol. The molecule has 1 atom stereocenters. The number of nitrogens with one attached hydrogen (secondary N) is 2. The number of aliphatic hydroxyl groups excluding tert-OH is 1. The highest BCUT2D eigenvalue weighted by molar-refractivity contribution is 6.63. The fraction of sp³-hybridized carbons (Fsp3) is 0.419. The molecule has 0 spiro atoms. The molecule has 2 bridgehead atoms. The van der Waals surface area contributed by atoms with Gasteiger partial charge in [-0.3, -0.25) is 0 Å². The normalized spacial score (nSPS) is 22.8. The summed E-state index contributed by atoms with van der Waals surface area (Å²) < 4.78 is 17.5. The zero-order valence-electron chi connectivity index (χ0n) is 24.7. The summed E-state index contributed by atoms with van der Waals surface area (Å²) in [5.74, 6) is 1.98. The Morgan fingerprint density at radius 3 is 2.56 bits per heavy atom. The van der Waals surface area contributed by atoms with Gasteiger partial charge in [0, 0.05) is 24.4 Å². The quantitative estimate of drug-likeness (QED) is 0.250. The molecule has 43 heavy (non-hydrogen) atoms. The van der Waals surface area contributed by atoms with Crippen LogP contribution in [0.4, 0.5) is 17.5 Å². The molecule has 0 amide bonds. The summed E-state index contributed by atoms with van der Waals surface area (Å²) in [6, 6.07) is 15.4. The minimum Gasteiger partial charge on any atom is -0.410 e. The van der Waals surface area contributed by atoms with E-state index >= 15 is 0 Å². The summed E-state index contributed by atoms with van der Waals surface area (Å²) in [5.41, 5.74) is 3.81. The molecule has 3 saturated heterocycles. The van der Waals surface area contributed by atoms with E-state index < -0.39 is 18.8 Å². The molecule has 0 saturated carbocycles. The molecular formula is C31H36BN7O4. The summed E-state index contributed by atoms with van der Waals surface area (Å²) >= 11 is 0. The van der Waals surface area contributed by atoms with Crippen LogP contribution in [0.5, 0.6) is 0 Å². The molecule has 0 radical (unpaired) electrons. The Bertz CT molecular complexity index is 1590. The highest BCUT2D eigenvalue weighted by atomic mass is 16.6. The lowest BCUT2D eigenvalue weighted by atomic mass is 9.71. The van der Waals surface area contributed by atoms with Crippen molar-refractivity contribution >= 4 is 30.0 Å². The molecule has 6 heterocycles. The van der Waals surface area contributed by atoms with Crippen LogP contribution in [-0.4, -0.2) is 70.6 Å². The van der Waals surface area contributed by atoms with Crippen molar-refractivity contribution in [2.45, 2.75) is 50.2 Å². The van der Waals surface area contributed by atoms with Crippen molar-refractivity contribution in [2.75, 3.05) is 44.0 Å². The molecule has 3 N–H and O–H groups in total. The van der Waals surface area contributed by atoms with Gasteiger partial charge in [-0.2, -0.15) is 9.97 Å². The molecule has 0 unspecified atom stereocenters. The molecule has 2 aromatic heterocycles. The zero-order chi connectivity index (χ0) is 29.6. The van der Waals surface area contributed by atoms with E-state index in [4.69, 9.17) is 23.8 Å². The summed E-state index contributed by atoms with van der Waals surface area (Å²) in [6.45, 7) is 7.10. The van der Waals surface area contributed by atoms with Crippen LogP contribution in [0.25, 0.3) is 11.5 Å². The third-order valence-electron chi connectivity index (χ3n) is 9.16. The number of fused-ring (bicyclic) bond motifs is 4. The van der Waals surface area contributed by atoms with Gasteiger partial charge in [-0.05, 0) is 81.5 Å². The topological polar surface area (TPSA) is 131 Å². The Morgan fingerprint density at radius 2 is 1.84 bits per heavy atom. The van der Waals surface area contributed by atoms with Crippen molar-refractivity contribution in [3.63, 3.8) is 0 Å². The Morgan fingerprint density at radius 1 is 1.07 bits per heavy atom. The van der Waals surface area contributed by atoms with E-state index in [1.165, 1.54) is 0 Å². The first kappa shape index (κ1) is 28.0. The van der Waals surface area contributed by atoms with Crippen molar-refractivity contribution < 1.29 is 18.9 Å². The van der Waals surface area contributed by atoms with Gasteiger partial charge in [-0.25, -0.2) is 4.98 Å². The fourth-order valence-corrected chi connectivity index (χ4v) is 6.56. The second-order valence-corrected chi connectivity index (χ2v) is 12.2. The first-order valence-electron chi connectivity index (χ1n) is 14.9. The molecule has 4 aromatic rings. The van der Waals surface area contributed by atoms with Gasteiger partial charge in [-0.1, -0.05) is 41.6 Å². The third-order valence-corrected chi connectivity index (χ3v) is 9.16. The number of rotatable bonds is 9. The number of aromatic nitrogens is 4. The molecular weight excluding hydrogens is 545 g/mol. The van der Waals surface area contributed by atoms with Crippen LogP contribution in [0, 0.1) is 0 Å². The average Bonchev–Trinajstić information content (AvgIpc) is 3.64.